The number of thioether (sulfide) groups is 1. The lowest BCUT2D eigenvalue weighted by molar-refractivity contribution is 1.18. The molecule has 1 aliphatic rings. The molecule has 0 unspecified atom stereocenters. The Balaban J connectivity index is 2.50. The van der Waals surface area contributed by atoms with Gasteiger partial charge in [-0.25, -0.2) is 0 Å². The number of hydrogen-bond donors (Lipinski definition) is 1. The van der Waals surface area contributed by atoms with Gasteiger partial charge < -0.3 is 5.32 Å². The summed E-state index contributed by atoms with van der Waals surface area (Å²) < 4.78 is 0. The zero-order valence-corrected chi connectivity index (χ0v) is 5.11. The average molecular weight is 126 g/mol. The molecule has 3 heteroatoms. The smallest absolute Gasteiger partial charge is 0.0950 e. The molecule has 0 bridgehead atoms. The predicted molar refractivity (Wildman–Crippen MR) is 37.5 cm³/mol. The van der Waals surface area contributed by atoms with E-state index in [9.17, 15) is 0 Å². The van der Waals surface area contributed by atoms with Gasteiger partial charge in [-0.15, -0.1) is 0 Å². The van der Waals surface area contributed by atoms with E-state index in [2.05, 4.69) is 17.0 Å². The Kier molecular flexibility index (Phi) is 1.75. The molecule has 1 aliphatic heterocycles. The number of nitrogens with zero attached hydrogens (tertiary/aromatic N) is 1. The molecule has 0 saturated heterocycles. The highest BCUT2D eigenvalue weighted by Crippen LogP contribution is 2.18. The second-order valence-corrected chi connectivity index (χ2v) is 2.19. The fourth-order valence-corrected chi connectivity index (χ4v) is 0.962. The van der Waals surface area contributed by atoms with Gasteiger partial charge in [0.05, 0.1) is 11.2 Å². The second kappa shape index (κ2) is 2.57. The van der Waals surface area contributed by atoms with E-state index < -0.39 is 0 Å². The molecule has 0 aromatic carbocycles. The summed E-state index contributed by atoms with van der Waals surface area (Å²) in [5, 5.41) is 5.95. The van der Waals surface area contributed by atoms with E-state index in [1.807, 2.05) is 11.6 Å². The van der Waals surface area contributed by atoms with Crippen LogP contribution in [-0.4, -0.2) is 6.72 Å². The SMILES string of the molecule is C=N/C=C1\NC=CS1. The molecule has 0 radical (unpaired) electrons. The highest BCUT2D eigenvalue weighted by molar-refractivity contribution is 8.06. The first kappa shape index (κ1) is 5.44. The summed E-state index contributed by atoms with van der Waals surface area (Å²) in [6, 6.07) is 0. The maximum atomic E-state index is 3.58. The van der Waals surface area contributed by atoms with Gasteiger partial charge in [-0.05, 0) is 12.1 Å². The summed E-state index contributed by atoms with van der Waals surface area (Å²) in [6.45, 7) is 3.32. The van der Waals surface area contributed by atoms with Crippen LogP contribution in [-0.2, 0) is 0 Å². The largest absolute Gasteiger partial charge is 0.354 e. The maximum absolute atomic E-state index is 3.58. The topological polar surface area (TPSA) is 24.4 Å². The molecule has 0 spiro atoms. The highest BCUT2D eigenvalue weighted by Gasteiger charge is 1.95. The van der Waals surface area contributed by atoms with Crippen molar-refractivity contribution in [1.82, 2.24) is 5.32 Å². The third-order valence-corrected chi connectivity index (χ3v) is 1.45. The van der Waals surface area contributed by atoms with Gasteiger partial charge >= 0.3 is 0 Å². The minimum absolute atomic E-state index is 1.03. The Morgan fingerprint density at radius 2 is 2.75 bits per heavy atom. The average Bonchev–Trinajstić information content (AvgIpc) is 2.19. The molecule has 8 heavy (non-hydrogen) atoms. The van der Waals surface area contributed by atoms with E-state index >= 15 is 0 Å². The third kappa shape index (κ3) is 1.13. The van der Waals surface area contributed by atoms with Crippen LogP contribution in [0.15, 0.2) is 27.8 Å². The standard InChI is InChI=1S/C5H6N2S/c1-6-4-5-7-2-3-8-5/h2-4,7H,1H2/b5-4+. The Morgan fingerprint density at radius 3 is 3.25 bits per heavy atom. The molecule has 0 fully saturated rings. The van der Waals surface area contributed by atoms with Crippen molar-refractivity contribution in [2.75, 3.05) is 0 Å². The molecule has 1 N–H and O–H groups in total. The van der Waals surface area contributed by atoms with Crippen molar-refractivity contribution in [2.24, 2.45) is 4.99 Å². The molecule has 42 valence electrons. The van der Waals surface area contributed by atoms with Crippen LogP contribution in [0.2, 0.25) is 0 Å². The van der Waals surface area contributed by atoms with E-state index in [1.165, 1.54) is 0 Å². The quantitative estimate of drug-likeness (QED) is 0.535. The zero-order chi connectivity index (χ0) is 5.82. The van der Waals surface area contributed by atoms with E-state index in [1.54, 1.807) is 18.0 Å². The van der Waals surface area contributed by atoms with Crippen molar-refractivity contribution < 1.29 is 0 Å². The van der Waals surface area contributed by atoms with Gasteiger partial charge in [0.25, 0.3) is 0 Å². The first-order chi connectivity index (χ1) is 3.93. The Bertz CT molecular complexity index is 139. The fourth-order valence-electron chi connectivity index (χ4n) is 0.408. The van der Waals surface area contributed by atoms with Crippen LogP contribution < -0.4 is 5.32 Å². The maximum Gasteiger partial charge on any atom is 0.0950 e. The normalized spacial score (nSPS) is 21.2. The Labute approximate surface area is 52.4 Å². The molecular formula is C5H6N2S. The Morgan fingerprint density at radius 1 is 1.88 bits per heavy atom. The molecule has 0 aromatic rings. The zero-order valence-electron chi connectivity index (χ0n) is 4.29. The predicted octanol–water partition coefficient (Wildman–Crippen LogP) is 1.29. The van der Waals surface area contributed by atoms with Crippen LogP contribution in [0, 0.1) is 0 Å². The van der Waals surface area contributed by atoms with Crippen molar-refractivity contribution in [3.8, 4) is 0 Å². The van der Waals surface area contributed by atoms with Crippen molar-refractivity contribution in [2.45, 2.75) is 0 Å². The van der Waals surface area contributed by atoms with Gasteiger partial charge in [-0.1, -0.05) is 11.8 Å². The molecule has 0 amide bonds. The molecule has 0 atom stereocenters. The van der Waals surface area contributed by atoms with Crippen LogP contribution in [0.3, 0.4) is 0 Å². The lowest BCUT2D eigenvalue weighted by Crippen LogP contribution is -1.92. The van der Waals surface area contributed by atoms with Crippen LogP contribution in [0.25, 0.3) is 0 Å². The molecule has 0 saturated carbocycles. The van der Waals surface area contributed by atoms with Crippen LogP contribution in [0.5, 0.6) is 0 Å². The van der Waals surface area contributed by atoms with Crippen molar-refractivity contribution in [3.05, 3.63) is 22.8 Å². The molecule has 0 aliphatic carbocycles. The minimum Gasteiger partial charge on any atom is -0.354 e. The summed E-state index contributed by atoms with van der Waals surface area (Å²) in [4.78, 5) is 3.58. The first-order valence-electron chi connectivity index (χ1n) is 2.17. The Hall–Kier alpha value is -0.700. The summed E-state index contributed by atoms with van der Waals surface area (Å²) in [7, 11) is 0. The van der Waals surface area contributed by atoms with E-state index in [0.717, 1.165) is 5.03 Å². The summed E-state index contributed by atoms with van der Waals surface area (Å²) in [5.41, 5.74) is 0. The third-order valence-electron chi connectivity index (χ3n) is 0.697. The lowest BCUT2D eigenvalue weighted by atomic mass is 10.8. The number of rotatable bonds is 1. The van der Waals surface area contributed by atoms with Gasteiger partial charge in [0, 0.05) is 6.20 Å². The highest BCUT2D eigenvalue weighted by atomic mass is 32.2. The number of aliphatic imine (C=N–C) groups is 1. The van der Waals surface area contributed by atoms with Gasteiger partial charge in [0.15, 0.2) is 0 Å². The number of hydrogen-bond acceptors (Lipinski definition) is 3. The van der Waals surface area contributed by atoms with Gasteiger partial charge in [-0.2, -0.15) is 0 Å². The van der Waals surface area contributed by atoms with Crippen molar-refractivity contribution in [1.29, 1.82) is 0 Å². The van der Waals surface area contributed by atoms with Crippen molar-refractivity contribution in [3.63, 3.8) is 0 Å². The summed E-state index contributed by atoms with van der Waals surface area (Å²) in [6.07, 6.45) is 3.55. The summed E-state index contributed by atoms with van der Waals surface area (Å²) in [5.74, 6) is 0. The second-order valence-electron chi connectivity index (χ2n) is 1.24. The summed E-state index contributed by atoms with van der Waals surface area (Å²) >= 11 is 1.60. The molecular weight excluding hydrogens is 120 g/mol. The monoisotopic (exact) mass is 126 g/mol. The van der Waals surface area contributed by atoms with E-state index in [4.69, 9.17) is 0 Å². The first-order valence-corrected chi connectivity index (χ1v) is 3.05. The van der Waals surface area contributed by atoms with Crippen LogP contribution in [0.1, 0.15) is 0 Å². The molecule has 2 nitrogen and oxygen atoms in total. The van der Waals surface area contributed by atoms with Crippen molar-refractivity contribution >= 4 is 18.5 Å². The number of nitrogens with one attached hydrogen (secondary N) is 1. The minimum atomic E-state index is 1.03. The molecule has 0 aromatic heterocycles. The fraction of sp³-hybridized carbons (Fsp3) is 0. The van der Waals surface area contributed by atoms with E-state index in [-0.39, 0.29) is 0 Å². The molecule has 1 rings (SSSR count). The van der Waals surface area contributed by atoms with E-state index in [0.29, 0.717) is 0 Å². The van der Waals surface area contributed by atoms with Crippen LogP contribution in [0.4, 0.5) is 0 Å². The van der Waals surface area contributed by atoms with Gasteiger partial charge in [-0.3, -0.25) is 4.99 Å². The van der Waals surface area contributed by atoms with Gasteiger partial charge in [0.1, 0.15) is 0 Å². The lowest BCUT2D eigenvalue weighted by Gasteiger charge is -1.89. The van der Waals surface area contributed by atoms with Gasteiger partial charge in [0.2, 0.25) is 0 Å². The van der Waals surface area contributed by atoms with Crippen LogP contribution >= 0.6 is 11.8 Å². The molecule has 1 heterocycles.